The first-order valence-electron chi connectivity index (χ1n) is 6.16. The quantitative estimate of drug-likeness (QED) is 0.769. The molecule has 0 saturated heterocycles. The largest absolute Gasteiger partial charge is 0.399 e. The third kappa shape index (κ3) is 2.52. The Bertz CT molecular complexity index is 417. The Morgan fingerprint density at radius 3 is 3.12 bits per heavy atom. The van der Waals surface area contributed by atoms with Gasteiger partial charge in [-0.1, -0.05) is 13.0 Å². The van der Waals surface area contributed by atoms with Crippen molar-refractivity contribution in [2.24, 2.45) is 0 Å². The third-order valence-corrected chi connectivity index (χ3v) is 3.00. The van der Waals surface area contributed by atoms with Gasteiger partial charge in [-0.05, 0) is 37.0 Å². The molecule has 1 aromatic rings. The molecule has 2 amide bonds. The second-order valence-corrected chi connectivity index (χ2v) is 4.38. The molecule has 0 aromatic heterocycles. The Balaban J connectivity index is 2.21. The van der Waals surface area contributed by atoms with Gasteiger partial charge in [-0.25, -0.2) is 4.79 Å². The average molecular weight is 233 g/mol. The summed E-state index contributed by atoms with van der Waals surface area (Å²) >= 11 is 0. The van der Waals surface area contributed by atoms with Gasteiger partial charge in [-0.2, -0.15) is 0 Å². The molecule has 4 nitrogen and oxygen atoms in total. The maximum atomic E-state index is 12.0. The maximum absolute atomic E-state index is 12.0. The van der Waals surface area contributed by atoms with E-state index in [-0.39, 0.29) is 6.03 Å². The number of nitrogens with two attached hydrogens (primary N) is 1. The monoisotopic (exact) mass is 233 g/mol. The van der Waals surface area contributed by atoms with Gasteiger partial charge in [-0.3, -0.25) is 4.90 Å². The van der Waals surface area contributed by atoms with Crippen LogP contribution in [0.3, 0.4) is 0 Å². The topological polar surface area (TPSA) is 58.4 Å². The Morgan fingerprint density at radius 2 is 2.35 bits per heavy atom. The lowest BCUT2D eigenvalue weighted by Crippen LogP contribution is -2.43. The number of hydrogen-bond acceptors (Lipinski definition) is 2. The summed E-state index contributed by atoms with van der Waals surface area (Å²) < 4.78 is 0. The molecular weight excluding hydrogens is 214 g/mol. The van der Waals surface area contributed by atoms with Crippen molar-refractivity contribution in [3.05, 3.63) is 23.8 Å². The molecule has 0 bridgehead atoms. The van der Waals surface area contributed by atoms with Crippen LogP contribution >= 0.6 is 0 Å². The molecule has 1 aliphatic heterocycles. The summed E-state index contributed by atoms with van der Waals surface area (Å²) in [5.74, 6) is 0. The minimum absolute atomic E-state index is 0.0154. The number of benzene rings is 1. The Morgan fingerprint density at radius 1 is 1.53 bits per heavy atom. The van der Waals surface area contributed by atoms with Crippen molar-refractivity contribution in [3.8, 4) is 0 Å². The van der Waals surface area contributed by atoms with Crippen LogP contribution in [0.1, 0.15) is 25.3 Å². The first kappa shape index (κ1) is 11.8. The third-order valence-electron chi connectivity index (χ3n) is 3.00. The fourth-order valence-electron chi connectivity index (χ4n) is 2.13. The number of hydrogen-bond donors (Lipinski definition) is 2. The first-order chi connectivity index (χ1) is 8.22. The van der Waals surface area contributed by atoms with E-state index in [0.717, 1.165) is 31.5 Å². The molecule has 0 fully saturated rings. The van der Waals surface area contributed by atoms with E-state index in [1.54, 1.807) is 4.90 Å². The molecule has 0 spiro atoms. The number of nitrogens with zero attached hydrogens (tertiary/aromatic N) is 1. The van der Waals surface area contributed by atoms with Gasteiger partial charge in [0.1, 0.15) is 0 Å². The summed E-state index contributed by atoms with van der Waals surface area (Å²) in [5.41, 5.74) is 8.66. The predicted octanol–water partition coefficient (Wildman–Crippen LogP) is 2.14. The van der Waals surface area contributed by atoms with Crippen LogP contribution in [-0.2, 0) is 6.42 Å². The van der Waals surface area contributed by atoms with Crippen molar-refractivity contribution in [2.75, 3.05) is 23.7 Å². The summed E-state index contributed by atoms with van der Waals surface area (Å²) in [7, 11) is 0. The van der Waals surface area contributed by atoms with Gasteiger partial charge in [0.2, 0.25) is 0 Å². The number of urea groups is 1. The summed E-state index contributed by atoms with van der Waals surface area (Å²) in [4.78, 5) is 13.8. The number of aryl methyl sites for hydroxylation is 1. The molecule has 2 rings (SSSR count). The van der Waals surface area contributed by atoms with Gasteiger partial charge in [0.15, 0.2) is 0 Å². The Hall–Kier alpha value is -1.71. The van der Waals surface area contributed by atoms with E-state index in [1.807, 2.05) is 25.1 Å². The van der Waals surface area contributed by atoms with Crippen molar-refractivity contribution in [1.82, 2.24) is 5.32 Å². The molecule has 0 atom stereocenters. The molecule has 92 valence electrons. The van der Waals surface area contributed by atoms with E-state index in [9.17, 15) is 4.79 Å². The SMILES string of the molecule is CCCNC(=O)N1CCCc2ccc(N)cc21. The standard InChI is InChI=1S/C13H19N3O/c1-2-7-15-13(17)16-8-3-4-10-5-6-11(14)9-12(10)16/h5-6,9H,2-4,7-8,14H2,1H3,(H,15,17). The van der Waals surface area contributed by atoms with Crippen LogP contribution in [-0.4, -0.2) is 19.1 Å². The molecule has 17 heavy (non-hydrogen) atoms. The Labute approximate surface area is 102 Å². The number of anilines is 2. The van der Waals surface area contributed by atoms with Gasteiger partial charge in [-0.15, -0.1) is 0 Å². The van der Waals surface area contributed by atoms with Crippen LogP contribution in [0.5, 0.6) is 0 Å². The highest BCUT2D eigenvalue weighted by atomic mass is 16.2. The van der Waals surface area contributed by atoms with Gasteiger partial charge >= 0.3 is 6.03 Å². The van der Waals surface area contributed by atoms with Crippen molar-refractivity contribution in [1.29, 1.82) is 0 Å². The molecular formula is C13H19N3O. The second kappa shape index (κ2) is 5.08. The van der Waals surface area contributed by atoms with E-state index in [4.69, 9.17) is 5.73 Å². The predicted molar refractivity (Wildman–Crippen MR) is 70.2 cm³/mol. The van der Waals surface area contributed by atoms with Crippen LogP contribution in [0.4, 0.5) is 16.2 Å². The fraction of sp³-hybridized carbons (Fsp3) is 0.462. The van der Waals surface area contributed by atoms with Gasteiger partial charge in [0.05, 0.1) is 5.69 Å². The highest BCUT2D eigenvalue weighted by Crippen LogP contribution is 2.28. The molecule has 3 N–H and O–H groups in total. The molecule has 0 saturated carbocycles. The highest BCUT2D eigenvalue weighted by Gasteiger charge is 2.22. The van der Waals surface area contributed by atoms with Gasteiger partial charge in [0, 0.05) is 18.8 Å². The minimum Gasteiger partial charge on any atom is -0.399 e. The minimum atomic E-state index is -0.0154. The molecule has 0 aliphatic carbocycles. The molecule has 0 unspecified atom stereocenters. The summed E-state index contributed by atoms with van der Waals surface area (Å²) in [6, 6.07) is 5.79. The van der Waals surface area contributed by atoms with Crippen LogP contribution in [0.15, 0.2) is 18.2 Å². The molecule has 4 heteroatoms. The number of carbonyl (C=O) groups excluding carboxylic acids is 1. The van der Waals surface area contributed by atoms with Crippen LogP contribution in [0.2, 0.25) is 0 Å². The number of fused-ring (bicyclic) bond motifs is 1. The summed E-state index contributed by atoms with van der Waals surface area (Å²) in [6.45, 7) is 3.53. The zero-order valence-corrected chi connectivity index (χ0v) is 10.2. The van der Waals surface area contributed by atoms with E-state index >= 15 is 0 Å². The molecule has 1 aromatic carbocycles. The average Bonchev–Trinajstić information content (AvgIpc) is 2.35. The number of rotatable bonds is 2. The van der Waals surface area contributed by atoms with Crippen LogP contribution in [0, 0.1) is 0 Å². The summed E-state index contributed by atoms with van der Waals surface area (Å²) in [5, 5.41) is 2.91. The highest BCUT2D eigenvalue weighted by molar-refractivity contribution is 5.93. The smallest absolute Gasteiger partial charge is 0.321 e. The number of carbonyl (C=O) groups is 1. The van der Waals surface area contributed by atoms with Crippen LogP contribution < -0.4 is 16.0 Å². The van der Waals surface area contributed by atoms with Crippen LogP contribution in [0.25, 0.3) is 0 Å². The zero-order chi connectivity index (χ0) is 12.3. The van der Waals surface area contributed by atoms with Crippen molar-refractivity contribution < 1.29 is 4.79 Å². The fourth-order valence-corrected chi connectivity index (χ4v) is 2.13. The molecule has 1 heterocycles. The molecule has 1 aliphatic rings. The molecule has 0 radical (unpaired) electrons. The lowest BCUT2D eigenvalue weighted by Gasteiger charge is -2.29. The van der Waals surface area contributed by atoms with E-state index in [1.165, 1.54) is 5.56 Å². The van der Waals surface area contributed by atoms with E-state index in [2.05, 4.69) is 5.32 Å². The lowest BCUT2D eigenvalue weighted by atomic mass is 10.0. The van der Waals surface area contributed by atoms with Crippen molar-refractivity contribution in [2.45, 2.75) is 26.2 Å². The summed E-state index contributed by atoms with van der Waals surface area (Å²) in [6.07, 6.45) is 2.98. The number of nitrogen functional groups attached to an aromatic ring is 1. The first-order valence-corrected chi connectivity index (χ1v) is 6.16. The number of amides is 2. The lowest BCUT2D eigenvalue weighted by molar-refractivity contribution is 0.246. The zero-order valence-electron chi connectivity index (χ0n) is 10.2. The van der Waals surface area contributed by atoms with E-state index in [0.29, 0.717) is 12.2 Å². The van der Waals surface area contributed by atoms with Gasteiger partial charge in [0.25, 0.3) is 0 Å². The van der Waals surface area contributed by atoms with Crippen molar-refractivity contribution in [3.63, 3.8) is 0 Å². The normalized spacial score (nSPS) is 14.3. The number of nitrogens with one attached hydrogen (secondary N) is 1. The van der Waals surface area contributed by atoms with E-state index < -0.39 is 0 Å². The van der Waals surface area contributed by atoms with Gasteiger partial charge < -0.3 is 11.1 Å². The maximum Gasteiger partial charge on any atom is 0.321 e. The van der Waals surface area contributed by atoms with Crippen molar-refractivity contribution >= 4 is 17.4 Å². The Kier molecular flexibility index (Phi) is 3.52. The second-order valence-electron chi connectivity index (χ2n) is 4.38.